The van der Waals surface area contributed by atoms with Crippen LogP contribution in [-0.2, 0) is 4.79 Å². The monoisotopic (exact) mass is 476 g/mol. The highest BCUT2D eigenvalue weighted by Gasteiger charge is 2.20. The molecule has 2 aliphatic rings. The highest BCUT2D eigenvalue weighted by atomic mass is 16.7. The summed E-state index contributed by atoms with van der Waals surface area (Å²) in [7, 11) is 0. The smallest absolute Gasteiger partial charge is 0.336 e. The van der Waals surface area contributed by atoms with Crippen LogP contribution >= 0.6 is 0 Å². The molecule has 1 fully saturated rings. The maximum Gasteiger partial charge on any atom is 0.336 e. The van der Waals surface area contributed by atoms with Gasteiger partial charge in [-0.15, -0.1) is 5.10 Å². The Balaban J connectivity index is 1.34. The average Bonchev–Trinajstić information content (AvgIpc) is 3.62. The molecular formula is C27H32N4O4. The van der Waals surface area contributed by atoms with E-state index in [0.29, 0.717) is 48.2 Å². The molecule has 0 radical (unpaired) electrons. The van der Waals surface area contributed by atoms with Crippen LogP contribution in [0, 0.1) is 11.8 Å². The third-order valence-corrected chi connectivity index (χ3v) is 6.41. The molecule has 2 aromatic carbocycles. The fourth-order valence-electron chi connectivity index (χ4n) is 4.54. The van der Waals surface area contributed by atoms with Gasteiger partial charge >= 0.3 is 6.01 Å². The molecule has 1 aliphatic carbocycles. The van der Waals surface area contributed by atoms with E-state index in [4.69, 9.17) is 14.2 Å². The van der Waals surface area contributed by atoms with Gasteiger partial charge in [-0.25, -0.2) is 4.68 Å². The van der Waals surface area contributed by atoms with Crippen molar-refractivity contribution in [1.29, 1.82) is 0 Å². The van der Waals surface area contributed by atoms with Crippen molar-refractivity contribution in [3.8, 4) is 34.6 Å². The summed E-state index contributed by atoms with van der Waals surface area (Å²) >= 11 is 0. The summed E-state index contributed by atoms with van der Waals surface area (Å²) in [4.78, 5) is 17.1. The average molecular weight is 477 g/mol. The molecule has 1 amide bonds. The lowest BCUT2D eigenvalue weighted by atomic mass is 10.0. The molecule has 1 saturated carbocycles. The molecule has 3 aromatic rings. The molecule has 35 heavy (non-hydrogen) atoms. The van der Waals surface area contributed by atoms with E-state index in [1.54, 1.807) is 4.68 Å². The van der Waals surface area contributed by atoms with Gasteiger partial charge in [-0.1, -0.05) is 39.5 Å². The number of hydrogen-bond donors (Lipinski definition) is 1. The number of ether oxygens (including phenoxy) is 3. The van der Waals surface area contributed by atoms with Crippen molar-refractivity contribution in [3.05, 3.63) is 42.5 Å². The van der Waals surface area contributed by atoms with Crippen LogP contribution < -0.4 is 19.5 Å². The molecule has 0 spiro atoms. The molecule has 0 bridgehead atoms. The Bertz CT molecular complexity index is 1170. The lowest BCUT2D eigenvalue weighted by molar-refractivity contribution is -0.116. The summed E-state index contributed by atoms with van der Waals surface area (Å²) in [6.45, 7) is 4.89. The number of rotatable bonds is 9. The van der Waals surface area contributed by atoms with Crippen molar-refractivity contribution in [2.45, 2.75) is 52.4 Å². The van der Waals surface area contributed by atoms with Gasteiger partial charge in [0.05, 0.1) is 12.3 Å². The van der Waals surface area contributed by atoms with E-state index in [1.165, 1.54) is 25.7 Å². The number of benzene rings is 2. The summed E-state index contributed by atoms with van der Waals surface area (Å²) in [6, 6.07) is 13.6. The van der Waals surface area contributed by atoms with Gasteiger partial charge in [-0.2, -0.15) is 4.98 Å². The number of carbonyl (C=O) groups excluding carboxylic acids is 1. The SMILES string of the molecule is CC(C)COc1nc(-c2ccc3c(c2)OCO3)n(-c2ccc(NC(=O)CCC3CCCC3)cc2)n1. The zero-order valence-corrected chi connectivity index (χ0v) is 20.3. The van der Waals surface area contributed by atoms with Gasteiger partial charge in [0.1, 0.15) is 0 Å². The van der Waals surface area contributed by atoms with Crippen LogP contribution in [0.25, 0.3) is 17.1 Å². The van der Waals surface area contributed by atoms with Crippen molar-refractivity contribution >= 4 is 11.6 Å². The van der Waals surface area contributed by atoms with E-state index in [0.717, 1.165) is 23.4 Å². The van der Waals surface area contributed by atoms with Crippen LogP contribution in [0.1, 0.15) is 52.4 Å². The fraction of sp³-hybridized carbons (Fsp3) is 0.444. The standard InChI is InChI=1S/C27H32N4O4/c1-18(2)16-33-27-29-26(20-8-13-23-24(15-20)35-17-34-23)31(30-27)22-11-9-21(10-12-22)28-25(32)14-7-19-5-3-4-6-19/h8-13,15,18-19H,3-7,14,16-17H2,1-2H3,(H,28,32). The predicted octanol–water partition coefficient (Wildman–Crippen LogP) is 5.61. The summed E-state index contributed by atoms with van der Waals surface area (Å²) in [5.74, 6) is 3.15. The number of fused-ring (bicyclic) bond motifs is 1. The summed E-state index contributed by atoms with van der Waals surface area (Å²) < 4.78 is 18.5. The third kappa shape index (κ3) is 5.58. The second-order valence-corrected chi connectivity index (χ2v) is 9.69. The zero-order chi connectivity index (χ0) is 24.2. The maximum absolute atomic E-state index is 12.4. The zero-order valence-electron chi connectivity index (χ0n) is 20.3. The van der Waals surface area contributed by atoms with E-state index < -0.39 is 0 Å². The second kappa shape index (κ2) is 10.4. The van der Waals surface area contributed by atoms with Gasteiger partial charge in [0.25, 0.3) is 0 Å². The first-order valence-electron chi connectivity index (χ1n) is 12.5. The van der Waals surface area contributed by atoms with Gasteiger partial charge in [0.15, 0.2) is 17.3 Å². The number of aromatic nitrogens is 3. The third-order valence-electron chi connectivity index (χ3n) is 6.41. The largest absolute Gasteiger partial charge is 0.462 e. The molecule has 2 heterocycles. The van der Waals surface area contributed by atoms with Crippen molar-refractivity contribution in [3.63, 3.8) is 0 Å². The highest BCUT2D eigenvalue weighted by Crippen LogP contribution is 2.36. The van der Waals surface area contributed by atoms with Crippen molar-refractivity contribution in [2.24, 2.45) is 11.8 Å². The number of nitrogens with one attached hydrogen (secondary N) is 1. The van der Waals surface area contributed by atoms with Gasteiger partial charge in [-0.3, -0.25) is 4.79 Å². The molecule has 184 valence electrons. The molecule has 5 rings (SSSR count). The number of hydrogen-bond acceptors (Lipinski definition) is 6. The van der Waals surface area contributed by atoms with Crippen LogP contribution in [0.3, 0.4) is 0 Å². The second-order valence-electron chi connectivity index (χ2n) is 9.69. The Kier molecular flexibility index (Phi) is 6.88. The van der Waals surface area contributed by atoms with E-state index in [1.807, 2.05) is 42.5 Å². The maximum atomic E-state index is 12.4. The van der Waals surface area contributed by atoms with E-state index in [9.17, 15) is 4.79 Å². The first kappa shape index (κ1) is 23.2. The van der Waals surface area contributed by atoms with Crippen molar-refractivity contribution in [2.75, 3.05) is 18.7 Å². The van der Waals surface area contributed by atoms with Crippen LogP contribution in [0.15, 0.2) is 42.5 Å². The topological polar surface area (TPSA) is 87.5 Å². The molecule has 8 heteroatoms. The minimum atomic E-state index is 0.0656. The molecule has 1 N–H and O–H groups in total. The normalized spacial score (nSPS) is 15.1. The molecule has 0 atom stereocenters. The van der Waals surface area contributed by atoms with Crippen LogP contribution in [-0.4, -0.2) is 34.1 Å². The van der Waals surface area contributed by atoms with Crippen LogP contribution in [0.2, 0.25) is 0 Å². The number of carbonyl (C=O) groups is 1. The van der Waals surface area contributed by atoms with E-state index in [2.05, 4.69) is 29.2 Å². The van der Waals surface area contributed by atoms with Gasteiger partial charge in [0, 0.05) is 17.7 Å². The van der Waals surface area contributed by atoms with Crippen molar-refractivity contribution in [1.82, 2.24) is 14.8 Å². The molecule has 8 nitrogen and oxygen atoms in total. The Labute approximate surface area is 205 Å². The molecule has 0 saturated heterocycles. The predicted molar refractivity (Wildman–Crippen MR) is 133 cm³/mol. The lowest BCUT2D eigenvalue weighted by Crippen LogP contribution is -2.12. The summed E-state index contributed by atoms with van der Waals surface area (Å²) in [5, 5.41) is 7.63. The van der Waals surface area contributed by atoms with Gasteiger partial charge in [0.2, 0.25) is 12.7 Å². The molecule has 1 aromatic heterocycles. The number of nitrogens with zero attached hydrogens (tertiary/aromatic N) is 3. The van der Waals surface area contributed by atoms with E-state index in [-0.39, 0.29) is 12.7 Å². The number of amides is 1. The van der Waals surface area contributed by atoms with E-state index >= 15 is 0 Å². The number of anilines is 1. The fourth-order valence-corrected chi connectivity index (χ4v) is 4.54. The Hall–Kier alpha value is -3.55. The summed E-state index contributed by atoms with van der Waals surface area (Å²) in [6.07, 6.45) is 6.66. The summed E-state index contributed by atoms with van der Waals surface area (Å²) in [5.41, 5.74) is 2.42. The quantitative estimate of drug-likeness (QED) is 0.432. The first-order valence-corrected chi connectivity index (χ1v) is 12.5. The Morgan fingerprint density at radius 1 is 1.11 bits per heavy atom. The molecule has 1 aliphatic heterocycles. The van der Waals surface area contributed by atoms with Crippen LogP contribution in [0.4, 0.5) is 5.69 Å². The van der Waals surface area contributed by atoms with Crippen LogP contribution in [0.5, 0.6) is 17.5 Å². The Morgan fingerprint density at radius 2 is 1.89 bits per heavy atom. The molecule has 0 unspecified atom stereocenters. The minimum Gasteiger partial charge on any atom is -0.462 e. The Morgan fingerprint density at radius 3 is 2.66 bits per heavy atom. The minimum absolute atomic E-state index is 0.0656. The van der Waals surface area contributed by atoms with Gasteiger partial charge < -0.3 is 19.5 Å². The molecular weight excluding hydrogens is 444 g/mol. The van der Waals surface area contributed by atoms with Gasteiger partial charge in [-0.05, 0) is 60.7 Å². The van der Waals surface area contributed by atoms with Crippen molar-refractivity contribution < 1.29 is 19.0 Å². The highest BCUT2D eigenvalue weighted by molar-refractivity contribution is 5.90. The first-order chi connectivity index (χ1) is 17.0. The lowest BCUT2D eigenvalue weighted by Gasteiger charge is -2.10.